The molecule has 0 saturated carbocycles. The number of carboxylic acids is 1. The van der Waals surface area contributed by atoms with Gasteiger partial charge in [-0.25, -0.2) is 0 Å². The van der Waals surface area contributed by atoms with Crippen LogP contribution in [0.3, 0.4) is 0 Å². The van der Waals surface area contributed by atoms with Gasteiger partial charge in [0.05, 0.1) is 16.6 Å². The number of nitrogens with two attached hydrogens (primary N) is 1. The molecule has 1 amide bonds. The zero-order valence-corrected chi connectivity index (χ0v) is 9.65. The van der Waals surface area contributed by atoms with Gasteiger partial charge in [-0.3, -0.25) is 9.59 Å². The summed E-state index contributed by atoms with van der Waals surface area (Å²) < 4.78 is 0. The van der Waals surface area contributed by atoms with Crippen molar-refractivity contribution in [2.45, 2.75) is 0 Å². The predicted molar refractivity (Wildman–Crippen MR) is 63.3 cm³/mol. The van der Waals surface area contributed by atoms with Gasteiger partial charge in [0.1, 0.15) is 0 Å². The number of hydrogen-bond donors (Lipinski definition) is 2. The largest absolute Gasteiger partial charge is 0.481 e. The molecule has 90 valence electrons. The smallest absolute Gasteiger partial charge is 0.310 e. The van der Waals surface area contributed by atoms with E-state index in [1.54, 1.807) is 12.1 Å². The van der Waals surface area contributed by atoms with Crippen LogP contribution in [0.25, 0.3) is 0 Å². The molecule has 3 N–H and O–H groups in total. The van der Waals surface area contributed by atoms with E-state index in [0.717, 1.165) is 5.69 Å². The Labute approximate surface area is 103 Å². The summed E-state index contributed by atoms with van der Waals surface area (Å²) >= 11 is 6.01. The average molecular weight is 255 g/mol. The first-order chi connectivity index (χ1) is 7.99. The van der Waals surface area contributed by atoms with Crippen LogP contribution in [-0.2, 0) is 4.79 Å². The SMILES string of the molecule is NC(=O)c1ccc(N2CC(C(=O)O)C2)c(Cl)c1. The third-order valence-corrected chi connectivity index (χ3v) is 3.11. The Morgan fingerprint density at radius 1 is 1.41 bits per heavy atom. The molecule has 1 fully saturated rings. The molecular weight excluding hydrogens is 244 g/mol. The number of carboxylic acid groups (broad SMARTS) is 1. The molecule has 0 atom stereocenters. The molecule has 1 saturated heterocycles. The van der Waals surface area contributed by atoms with Gasteiger partial charge in [0.25, 0.3) is 0 Å². The predicted octanol–water partition coefficient (Wildman–Crippen LogP) is 0.960. The second-order valence-electron chi connectivity index (χ2n) is 3.97. The van der Waals surface area contributed by atoms with E-state index >= 15 is 0 Å². The van der Waals surface area contributed by atoms with Crippen molar-refractivity contribution in [2.75, 3.05) is 18.0 Å². The number of aliphatic carboxylic acids is 1. The molecular formula is C11H11ClN2O3. The molecule has 1 aromatic rings. The van der Waals surface area contributed by atoms with Crippen molar-refractivity contribution in [1.29, 1.82) is 0 Å². The van der Waals surface area contributed by atoms with Crippen LogP contribution in [0.2, 0.25) is 5.02 Å². The molecule has 0 bridgehead atoms. The van der Waals surface area contributed by atoms with Crippen LogP contribution in [0.5, 0.6) is 0 Å². The molecule has 0 spiro atoms. The van der Waals surface area contributed by atoms with Gasteiger partial charge >= 0.3 is 5.97 Å². The molecule has 1 aromatic carbocycles. The zero-order chi connectivity index (χ0) is 12.6. The van der Waals surface area contributed by atoms with Crippen LogP contribution in [0.4, 0.5) is 5.69 Å². The Bertz CT molecular complexity index is 484. The van der Waals surface area contributed by atoms with Gasteiger partial charge in [-0.15, -0.1) is 0 Å². The number of nitrogens with zero attached hydrogens (tertiary/aromatic N) is 1. The first kappa shape index (κ1) is 11.7. The van der Waals surface area contributed by atoms with Gasteiger partial charge in [-0.1, -0.05) is 11.6 Å². The van der Waals surface area contributed by atoms with Crippen LogP contribution in [0.15, 0.2) is 18.2 Å². The van der Waals surface area contributed by atoms with Gasteiger partial charge in [0.15, 0.2) is 0 Å². The third kappa shape index (κ3) is 2.19. The van der Waals surface area contributed by atoms with Gasteiger partial charge in [-0.2, -0.15) is 0 Å². The van der Waals surface area contributed by atoms with Gasteiger partial charge < -0.3 is 15.7 Å². The van der Waals surface area contributed by atoms with E-state index in [0.29, 0.717) is 23.7 Å². The summed E-state index contributed by atoms with van der Waals surface area (Å²) in [5.74, 6) is -1.68. The zero-order valence-electron chi connectivity index (χ0n) is 8.89. The first-order valence-electron chi connectivity index (χ1n) is 5.06. The van der Waals surface area contributed by atoms with E-state index in [1.807, 2.05) is 4.90 Å². The topological polar surface area (TPSA) is 83.6 Å². The highest BCUT2D eigenvalue weighted by Crippen LogP contribution is 2.32. The van der Waals surface area contributed by atoms with E-state index in [2.05, 4.69) is 0 Å². The number of carbonyl (C=O) groups excluding carboxylic acids is 1. The second-order valence-corrected chi connectivity index (χ2v) is 4.38. The van der Waals surface area contributed by atoms with Crippen molar-refractivity contribution in [3.05, 3.63) is 28.8 Å². The van der Waals surface area contributed by atoms with Crippen molar-refractivity contribution in [3.8, 4) is 0 Å². The number of amides is 1. The highest BCUT2D eigenvalue weighted by Gasteiger charge is 2.33. The molecule has 0 aromatic heterocycles. The number of hydrogen-bond acceptors (Lipinski definition) is 3. The van der Waals surface area contributed by atoms with Crippen LogP contribution in [0.1, 0.15) is 10.4 Å². The maximum atomic E-state index is 10.9. The lowest BCUT2D eigenvalue weighted by Crippen LogP contribution is -2.50. The molecule has 0 unspecified atom stereocenters. The van der Waals surface area contributed by atoms with E-state index < -0.39 is 11.9 Å². The van der Waals surface area contributed by atoms with Gasteiger partial charge in [0, 0.05) is 18.7 Å². The number of primary amides is 1. The number of halogens is 1. The highest BCUT2D eigenvalue weighted by molar-refractivity contribution is 6.33. The van der Waals surface area contributed by atoms with E-state index in [1.165, 1.54) is 6.07 Å². The number of benzene rings is 1. The van der Waals surface area contributed by atoms with Crippen LogP contribution in [-0.4, -0.2) is 30.1 Å². The monoisotopic (exact) mass is 254 g/mol. The van der Waals surface area contributed by atoms with E-state index in [9.17, 15) is 9.59 Å². The minimum Gasteiger partial charge on any atom is -0.481 e. The Morgan fingerprint density at radius 3 is 2.53 bits per heavy atom. The lowest BCUT2D eigenvalue weighted by molar-refractivity contribution is -0.142. The molecule has 0 radical (unpaired) electrons. The van der Waals surface area contributed by atoms with Gasteiger partial charge in [0.2, 0.25) is 5.91 Å². The summed E-state index contributed by atoms with van der Waals surface area (Å²) in [6.45, 7) is 0.871. The third-order valence-electron chi connectivity index (χ3n) is 2.80. The van der Waals surface area contributed by atoms with Crippen LogP contribution < -0.4 is 10.6 Å². The Balaban J connectivity index is 2.14. The number of anilines is 1. The fraction of sp³-hybridized carbons (Fsp3) is 0.273. The summed E-state index contributed by atoms with van der Waals surface area (Å²) in [6.07, 6.45) is 0. The Kier molecular flexibility index (Phi) is 2.93. The van der Waals surface area contributed by atoms with E-state index in [4.69, 9.17) is 22.4 Å². The maximum absolute atomic E-state index is 10.9. The molecule has 17 heavy (non-hydrogen) atoms. The van der Waals surface area contributed by atoms with Crippen LogP contribution in [0, 0.1) is 5.92 Å². The van der Waals surface area contributed by atoms with Gasteiger partial charge in [-0.05, 0) is 18.2 Å². The summed E-state index contributed by atoms with van der Waals surface area (Å²) in [5.41, 5.74) is 6.20. The van der Waals surface area contributed by atoms with Crippen molar-refractivity contribution >= 4 is 29.2 Å². The molecule has 1 aliphatic heterocycles. The van der Waals surface area contributed by atoms with Crippen molar-refractivity contribution in [1.82, 2.24) is 0 Å². The fourth-order valence-electron chi connectivity index (χ4n) is 1.75. The Morgan fingerprint density at radius 2 is 2.06 bits per heavy atom. The minimum atomic E-state index is -0.800. The summed E-state index contributed by atoms with van der Waals surface area (Å²) in [4.78, 5) is 23.5. The standard InChI is InChI=1S/C11H11ClN2O3/c12-8-3-6(10(13)15)1-2-9(8)14-4-7(5-14)11(16)17/h1-3,7H,4-5H2,(H2,13,15)(H,16,17). The second kappa shape index (κ2) is 4.25. The molecule has 2 rings (SSSR count). The molecule has 1 aliphatic rings. The summed E-state index contributed by atoms with van der Waals surface area (Å²) in [6, 6.07) is 4.76. The maximum Gasteiger partial charge on any atom is 0.310 e. The molecule has 1 heterocycles. The summed E-state index contributed by atoms with van der Waals surface area (Å²) in [5, 5.41) is 9.17. The lowest BCUT2D eigenvalue weighted by Gasteiger charge is -2.39. The van der Waals surface area contributed by atoms with E-state index in [-0.39, 0.29) is 5.92 Å². The normalized spacial score (nSPS) is 15.5. The average Bonchev–Trinajstić information content (AvgIpc) is 2.17. The number of rotatable bonds is 3. The molecule has 5 nitrogen and oxygen atoms in total. The fourth-order valence-corrected chi connectivity index (χ4v) is 2.05. The Hall–Kier alpha value is -1.75. The minimum absolute atomic E-state index is 0.342. The van der Waals surface area contributed by atoms with Crippen molar-refractivity contribution < 1.29 is 14.7 Å². The van der Waals surface area contributed by atoms with Crippen molar-refractivity contribution in [2.24, 2.45) is 11.7 Å². The molecule has 6 heteroatoms. The lowest BCUT2D eigenvalue weighted by atomic mass is 9.99. The first-order valence-corrected chi connectivity index (χ1v) is 5.44. The number of carbonyl (C=O) groups is 2. The van der Waals surface area contributed by atoms with Crippen LogP contribution >= 0.6 is 11.6 Å². The quantitative estimate of drug-likeness (QED) is 0.842. The van der Waals surface area contributed by atoms with Crippen molar-refractivity contribution in [3.63, 3.8) is 0 Å². The molecule has 0 aliphatic carbocycles. The summed E-state index contributed by atoms with van der Waals surface area (Å²) in [7, 11) is 0. The highest BCUT2D eigenvalue weighted by atomic mass is 35.5.